The number of nitrogens with zero attached hydrogens (tertiary/aromatic N) is 1. The Hall–Kier alpha value is -1.06. The largest absolute Gasteiger partial charge is 0.343 e. The Morgan fingerprint density at radius 2 is 2.13 bits per heavy atom. The van der Waals surface area contributed by atoms with Gasteiger partial charge in [-0.2, -0.15) is 0 Å². The van der Waals surface area contributed by atoms with Crippen molar-refractivity contribution in [1.82, 2.24) is 10.2 Å². The Morgan fingerprint density at radius 3 is 2.73 bits per heavy atom. The smallest absolute Gasteiger partial charge is 0.245 e. The second-order valence-corrected chi connectivity index (χ2v) is 4.63. The van der Waals surface area contributed by atoms with Crippen LogP contribution in [-0.4, -0.2) is 35.8 Å². The number of carbonyl (C=O) groups excluding carboxylic acids is 2. The van der Waals surface area contributed by atoms with Gasteiger partial charge < -0.3 is 10.2 Å². The van der Waals surface area contributed by atoms with Gasteiger partial charge in [0.2, 0.25) is 11.8 Å². The molecule has 1 aliphatic carbocycles. The molecule has 1 saturated heterocycles. The molecule has 0 bridgehead atoms. The quantitative estimate of drug-likeness (QED) is 0.738. The molecule has 4 nitrogen and oxygen atoms in total. The van der Waals surface area contributed by atoms with E-state index in [4.69, 9.17) is 0 Å². The van der Waals surface area contributed by atoms with Gasteiger partial charge >= 0.3 is 0 Å². The fourth-order valence-electron chi connectivity index (χ4n) is 2.18. The number of amides is 2. The van der Waals surface area contributed by atoms with E-state index in [9.17, 15) is 9.59 Å². The van der Waals surface area contributed by atoms with Gasteiger partial charge in [-0.3, -0.25) is 9.59 Å². The number of piperazine rings is 1. The van der Waals surface area contributed by atoms with Gasteiger partial charge in [0, 0.05) is 6.54 Å². The number of hydrogen-bond donors (Lipinski definition) is 1. The van der Waals surface area contributed by atoms with E-state index in [1.165, 1.54) is 19.3 Å². The lowest BCUT2D eigenvalue weighted by atomic mass is 9.83. The predicted octanol–water partition coefficient (Wildman–Crippen LogP) is 0.523. The van der Waals surface area contributed by atoms with Crippen LogP contribution in [0.2, 0.25) is 0 Å². The molecule has 2 fully saturated rings. The van der Waals surface area contributed by atoms with Crippen molar-refractivity contribution in [2.45, 2.75) is 38.6 Å². The average Bonchev–Trinajstić information content (AvgIpc) is 2.10. The first-order chi connectivity index (χ1) is 7.16. The summed E-state index contributed by atoms with van der Waals surface area (Å²) >= 11 is 0. The van der Waals surface area contributed by atoms with Crippen molar-refractivity contribution in [1.29, 1.82) is 0 Å². The highest BCUT2D eigenvalue weighted by molar-refractivity contribution is 5.94. The fraction of sp³-hybridized carbons (Fsp3) is 0.818. The van der Waals surface area contributed by atoms with Gasteiger partial charge in [0.25, 0.3) is 0 Å². The molecular weight excluding hydrogens is 192 g/mol. The minimum absolute atomic E-state index is 0.0318. The summed E-state index contributed by atoms with van der Waals surface area (Å²) < 4.78 is 0. The number of rotatable bonds is 3. The van der Waals surface area contributed by atoms with Crippen LogP contribution < -0.4 is 5.32 Å². The molecule has 2 amide bonds. The van der Waals surface area contributed by atoms with Crippen LogP contribution in [-0.2, 0) is 9.59 Å². The highest BCUT2D eigenvalue weighted by atomic mass is 16.2. The van der Waals surface area contributed by atoms with Gasteiger partial charge in [-0.1, -0.05) is 19.3 Å². The van der Waals surface area contributed by atoms with Crippen LogP contribution in [0.4, 0.5) is 0 Å². The van der Waals surface area contributed by atoms with Crippen molar-refractivity contribution < 1.29 is 9.59 Å². The summed E-state index contributed by atoms with van der Waals surface area (Å²) in [4.78, 5) is 24.6. The molecule has 0 aromatic rings. The molecule has 0 aromatic carbocycles. The fourth-order valence-corrected chi connectivity index (χ4v) is 2.18. The van der Waals surface area contributed by atoms with Gasteiger partial charge in [0.15, 0.2) is 0 Å². The van der Waals surface area contributed by atoms with Gasteiger partial charge in [-0.15, -0.1) is 0 Å². The molecule has 0 spiro atoms. The Balaban J connectivity index is 1.83. The molecule has 1 N–H and O–H groups in total. The molecule has 0 radical (unpaired) electrons. The summed E-state index contributed by atoms with van der Waals surface area (Å²) in [5.74, 6) is 0.822. The third-order valence-electron chi connectivity index (χ3n) is 3.43. The zero-order valence-corrected chi connectivity index (χ0v) is 9.16. The minimum Gasteiger partial charge on any atom is -0.343 e. The normalized spacial score (nSPS) is 27.5. The molecular formula is C11H18N2O2. The first-order valence-corrected chi connectivity index (χ1v) is 5.75. The van der Waals surface area contributed by atoms with Crippen molar-refractivity contribution in [3.63, 3.8) is 0 Å². The average molecular weight is 210 g/mol. The standard InChI is InChI=1S/C11H18N2O2/c1-8-11(15)13(7-10(14)12-8)6-5-9-3-2-4-9/h8-9H,2-7H2,1H3,(H,12,14). The Bertz CT molecular complexity index is 274. The van der Waals surface area contributed by atoms with Crippen LogP contribution in [0, 0.1) is 5.92 Å². The van der Waals surface area contributed by atoms with Crippen molar-refractivity contribution >= 4 is 11.8 Å². The van der Waals surface area contributed by atoms with Gasteiger partial charge in [0.05, 0.1) is 6.54 Å². The van der Waals surface area contributed by atoms with Crippen LogP contribution in [0.5, 0.6) is 0 Å². The summed E-state index contributed by atoms with van der Waals surface area (Å²) in [6.07, 6.45) is 4.98. The van der Waals surface area contributed by atoms with E-state index in [1.807, 2.05) is 0 Å². The minimum atomic E-state index is -0.340. The number of nitrogens with one attached hydrogen (secondary N) is 1. The first kappa shape index (κ1) is 10.5. The third-order valence-corrected chi connectivity index (χ3v) is 3.43. The maximum absolute atomic E-state index is 11.7. The third kappa shape index (κ3) is 2.30. The van der Waals surface area contributed by atoms with E-state index >= 15 is 0 Å². The number of hydrogen-bond acceptors (Lipinski definition) is 2. The molecule has 2 aliphatic rings. The van der Waals surface area contributed by atoms with Crippen molar-refractivity contribution in [2.24, 2.45) is 5.92 Å². The molecule has 1 saturated carbocycles. The molecule has 0 aromatic heterocycles. The Morgan fingerprint density at radius 1 is 1.40 bits per heavy atom. The summed E-state index contributed by atoms with van der Waals surface area (Å²) in [7, 11) is 0. The molecule has 84 valence electrons. The SMILES string of the molecule is CC1NC(=O)CN(CCC2CCC2)C1=O. The van der Waals surface area contributed by atoms with E-state index < -0.39 is 0 Å². The summed E-state index contributed by atoms with van der Waals surface area (Å²) in [6, 6.07) is -0.340. The Labute approximate surface area is 90.0 Å². The van der Waals surface area contributed by atoms with E-state index in [-0.39, 0.29) is 24.4 Å². The van der Waals surface area contributed by atoms with Crippen LogP contribution in [0.25, 0.3) is 0 Å². The number of carbonyl (C=O) groups is 2. The monoisotopic (exact) mass is 210 g/mol. The topological polar surface area (TPSA) is 49.4 Å². The van der Waals surface area contributed by atoms with E-state index in [0.29, 0.717) is 0 Å². The maximum atomic E-state index is 11.7. The summed E-state index contributed by atoms with van der Waals surface area (Å²) in [6.45, 7) is 2.74. The van der Waals surface area contributed by atoms with Gasteiger partial charge in [0.1, 0.15) is 6.04 Å². The van der Waals surface area contributed by atoms with Crippen LogP contribution in [0.15, 0.2) is 0 Å². The predicted molar refractivity (Wildman–Crippen MR) is 56.1 cm³/mol. The van der Waals surface area contributed by atoms with Crippen molar-refractivity contribution in [2.75, 3.05) is 13.1 Å². The van der Waals surface area contributed by atoms with E-state index in [0.717, 1.165) is 18.9 Å². The second-order valence-electron chi connectivity index (χ2n) is 4.63. The van der Waals surface area contributed by atoms with Crippen LogP contribution in [0.1, 0.15) is 32.6 Å². The maximum Gasteiger partial charge on any atom is 0.245 e. The molecule has 1 heterocycles. The molecule has 15 heavy (non-hydrogen) atoms. The second kappa shape index (κ2) is 4.21. The summed E-state index contributed by atoms with van der Waals surface area (Å²) in [5, 5.41) is 2.64. The molecule has 1 atom stereocenters. The van der Waals surface area contributed by atoms with E-state index in [1.54, 1.807) is 11.8 Å². The van der Waals surface area contributed by atoms with Crippen molar-refractivity contribution in [3.05, 3.63) is 0 Å². The van der Waals surface area contributed by atoms with E-state index in [2.05, 4.69) is 5.32 Å². The van der Waals surface area contributed by atoms with Gasteiger partial charge in [-0.05, 0) is 19.3 Å². The Kier molecular flexibility index (Phi) is 2.93. The molecule has 4 heteroatoms. The summed E-state index contributed by atoms with van der Waals surface area (Å²) in [5.41, 5.74) is 0. The van der Waals surface area contributed by atoms with Crippen molar-refractivity contribution in [3.8, 4) is 0 Å². The first-order valence-electron chi connectivity index (χ1n) is 5.75. The zero-order chi connectivity index (χ0) is 10.8. The molecule has 1 aliphatic heterocycles. The lowest BCUT2D eigenvalue weighted by molar-refractivity contribution is -0.143. The van der Waals surface area contributed by atoms with Crippen LogP contribution in [0.3, 0.4) is 0 Å². The van der Waals surface area contributed by atoms with Gasteiger partial charge in [-0.25, -0.2) is 0 Å². The zero-order valence-electron chi connectivity index (χ0n) is 9.16. The van der Waals surface area contributed by atoms with Crippen LogP contribution >= 0.6 is 0 Å². The molecule has 1 unspecified atom stereocenters. The highest BCUT2D eigenvalue weighted by Crippen LogP contribution is 2.29. The molecule has 2 rings (SSSR count). The lowest BCUT2D eigenvalue weighted by Gasteiger charge is -2.33. The lowest BCUT2D eigenvalue weighted by Crippen LogP contribution is -2.57. The highest BCUT2D eigenvalue weighted by Gasteiger charge is 2.30.